The van der Waals surface area contributed by atoms with Gasteiger partial charge in [0.05, 0.1) is 0 Å². The first-order valence-electron chi connectivity index (χ1n) is 5.45. The lowest BCUT2D eigenvalue weighted by molar-refractivity contribution is 0.554. The summed E-state index contributed by atoms with van der Waals surface area (Å²) in [5.41, 5.74) is 1.68. The van der Waals surface area contributed by atoms with Gasteiger partial charge in [-0.15, -0.1) is 0 Å². The zero-order chi connectivity index (χ0) is 13.1. The number of benzene rings is 1. The molecule has 0 fully saturated rings. The molecule has 0 aliphatic carbocycles. The Morgan fingerprint density at radius 1 is 1.44 bits per heavy atom. The summed E-state index contributed by atoms with van der Waals surface area (Å²) in [7, 11) is 1.86. The van der Waals surface area contributed by atoms with Crippen LogP contribution >= 0.6 is 38.9 Å². The molecule has 0 amide bonds. The topological polar surface area (TPSA) is 12.0 Å². The molecule has 2 aromatic rings. The average molecular weight is 349 g/mol. The molecule has 5 heteroatoms. The quantitative estimate of drug-likeness (QED) is 0.836. The van der Waals surface area contributed by atoms with E-state index in [9.17, 15) is 4.39 Å². The highest BCUT2D eigenvalue weighted by molar-refractivity contribution is 9.10. The van der Waals surface area contributed by atoms with Crippen molar-refractivity contribution in [2.45, 2.75) is 12.5 Å². The van der Waals surface area contributed by atoms with Crippen LogP contribution in [-0.2, 0) is 6.42 Å². The Hall–Kier alpha value is -0.420. The summed E-state index contributed by atoms with van der Waals surface area (Å²) in [4.78, 5) is 0. The SMILES string of the molecule is CNC(Cc1c(F)cccc1Cl)c1cscc1Br. The van der Waals surface area contributed by atoms with Gasteiger partial charge in [-0.2, -0.15) is 11.3 Å². The maximum Gasteiger partial charge on any atom is 0.127 e. The lowest BCUT2D eigenvalue weighted by atomic mass is 10.0. The third-order valence-corrected chi connectivity index (χ3v) is 4.94. The predicted octanol–water partition coefficient (Wildman–Crippen LogP) is 4.81. The molecule has 1 N–H and O–H groups in total. The third kappa shape index (κ3) is 2.94. The Labute approximate surface area is 123 Å². The van der Waals surface area contributed by atoms with E-state index >= 15 is 0 Å². The fourth-order valence-electron chi connectivity index (χ4n) is 1.84. The monoisotopic (exact) mass is 347 g/mol. The van der Waals surface area contributed by atoms with Crippen LogP contribution in [0.15, 0.2) is 33.4 Å². The molecule has 1 aromatic heterocycles. The van der Waals surface area contributed by atoms with Crippen LogP contribution in [0.5, 0.6) is 0 Å². The fraction of sp³-hybridized carbons (Fsp3) is 0.231. The molecule has 0 aliphatic heterocycles. The van der Waals surface area contributed by atoms with Crippen LogP contribution < -0.4 is 5.32 Å². The van der Waals surface area contributed by atoms with Gasteiger partial charge >= 0.3 is 0 Å². The minimum atomic E-state index is -0.255. The summed E-state index contributed by atoms with van der Waals surface area (Å²) < 4.78 is 14.8. The molecule has 0 bridgehead atoms. The molecule has 1 heterocycles. The van der Waals surface area contributed by atoms with E-state index in [0.717, 1.165) is 10.0 Å². The van der Waals surface area contributed by atoms with Crippen molar-refractivity contribution in [2.24, 2.45) is 0 Å². The van der Waals surface area contributed by atoms with Crippen LogP contribution in [0.2, 0.25) is 5.02 Å². The summed E-state index contributed by atoms with van der Waals surface area (Å²) in [6.45, 7) is 0. The normalized spacial score (nSPS) is 12.7. The zero-order valence-electron chi connectivity index (χ0n) is 9.71. The predicted molar refractivity (Wildman–Crippen MR) is 78.9 cm³/mol. The number of likely N-dealkylation sites (N-methyl/N-ethyl adjacent to an activating group) is 1. The molecule has 2 rings (SSSR count). The van der Waals surface area contributed by atoms with E-state index in [1.807, 2.05) is 12.4 Å². The molecule has 1 atom stereocenters. The number of hydrogen-bond acceptors (Lipinski definition) is 2. The molecule has 1 nitrogen and oxygen atoms in total. The Balaban J connectivity index is 2.29. The van der Waals surface area contributed by atoms with Crippen LogP contribution in [0.1, 0.15) is 17.2 Å². The highest BCUT2D eigenvalue weighted by atomic mass is 79.9. The van der Waals surface area contributed by atoms with Gasteiger partial charge in [0.15, 0.2) is 0 Å². The second kappa shape index (κ2) is 6.15. The molecular formula is C13H12BrClFNS. The van der Waals surface area contributed by atoms with Crippen molar-refractivity contribution in [1.82, 2.24) is 5.32 Å². The highest BCUT2D eigenvalue weighted by Crippen LogP contribution is 2.31. The number of nitrogens with one attached hydrogen (secondary N) is 1. The smallest absolute Gasteiger partial charge is 0.127 e. The molecule has 0 saturated heterocycles. The Morgan fingerprint density at radius 3 is 2.78 bits per heavy atom. The van der Waals surface area contributed by atoms with Gasteiger partial charge in [-0.3, -0.25) is 0 Å². The summed E-state index contributed by atoms with van der Waals surface area (Å²) in [6, 6.07) is 4.82. The second-order valence-electron chi connectivity index (χ2n) is 3.92. The highest BCUT2D eigenvalue weighted by Gasteiger charge is 2.17. The van der Waals surface area contributed by atoms with Crippen molar-refractivity contribution in [1.29, 1.82) is 0 Å². The third-order valence-electron chi connectivity index (χ3n) is 2.84. The molecule has 0 aliphatic rings. The van der Waals surface area contributed by atoms with Crippen LogP contribution in [0.3, 0.4) is 0 Å². The van der Waals surface area contributed by atoms with E-state index in [4.69, 9.17) is 11.6 Å². The van der Waals surface area contributed by atoms with Gasteiger partial charge in [0.1, 0.15) is 5.82 Å². The van der Waals surface area contributed by atoms with Crippen LogP contribution in [0.4, 0.5) is 4.39 Å². The van der Waals surface area contributed by atoms with Crippen LogP contribution in [0.25, 0.3) is 0 Å². The summed E-state index contributed by atoms with van der Waals surface area (Å²) in [5, 5.41) is 7.75. The van der Waals surface area contributed by atoms with Gasteiger partial charge in [0.25, 0.3) is 0 Å². The van der Waals surface area contributed by atoms with Crippen molar-refractivity contribution < 1.29 is 4.39 Å². The van der Waals surface area contributed by atoms with Crippen molar-refractivity contribution in [2.75, 3.05) is 7.05 Å². The molecule has 1 aromatic carbocycles. The summed E-state index contributed by atoms with van der Waals surface area (Å²) >= 11 is 11.2. The largest absolute Gasteiger partial charge is 0.313 e. The van der Waals surface area contributed by atoms with Gasteiger partial charge in [0.2, 0.25) is 0 Å². The van der Waals surface area contributed by atoms with E-state index in [0.29, 0.717) is 17.0 Å². The average Bonchev–Trinajstić information content (AvgIpc) is 2.76. The summed E-state index contributed by atoms with van der Waals surface area (Å²) in [6.07, 6.45) is 0.525. The second-order valence-corrected chi connectivity index (χ2v) is 5.93. The van der Waals surface area contributed by atoms with E-state index in [1.54, 1.807) is 23.5 Å². The van der Waals surface area contributed by atoms with Gasteiger partial charge in [-0.05, 0) is 52.5 Å². The van der Waals surface area contributed by atoms with Gasteiger partial charge in [0, 0.05) is 26.5 Å². The molecule has 1 unspecified atom stereocenters. The number of hydrogen-bond donors (Lipinski definition) is 1. The fourth-order valence-corrected chi connectivity index (χ4v) is 3.71. The van der Waals surface area contributed by atoms with Crippen molar-refractivity contribution >= 4 is 38.9 Å². The van der Waals surface area contributed by atoms with Crippen LogP contribution in [0, 0.1) is 5.82 Å². The number of rotatable bonds is 4. The summed E-state index contributed by atoms with van der Waals surface area (Å²) in [5.74, 6) is -0.255. The molecule has 18 heavy (non-hydrogen) atoms. The van der Waals surface area contributed by atoms with Gasteiger partial charge < -0.3 is 5.32 Å². The van der Waals surface area contributed by atoms with E-state index in [-0.39, 0.29) is 11.9 Å². The van der Waals surface area contributed by atoms with E-state index < -0.39 is 0 Å². The zero-order valence-corrected chi connectivity index (χ0v) is 12.9. The van der Waals surface area contributed by atoms with Crippen molar-refractivity contribution in [3.05, 3.63) is 55.4 Å². The van der Waals surface area contributed by atoms with Crippen molar-refractivity contribution in [3.63, 3.8) is 0 Å². The molecule has 0 saturated carbocycles. The lowest BCUT2D eigenvalue weighted by Gasteiger charge is -2.17. The van der Waals surface area contributed by atoms with Crippen LogP contribution in [-0.4, -0.2) is 7.05 Å². The van der Waals surface area contributed by atoms with Gasteiger partial charge in [-0.1, -0.05) is 17.7 Å². The van der Waals surface area contributed by atoms with E-state index in [2.05, 4.69) is 26.6 Å². The maximum atomic E-state index is 13.8. The molecule has 0 spiro atoms. The number of halogens is 3. The van der Waals surface area contributed by atoms with Gasteiger partial charge in [-0.25, -0.2) is 4.39 Å². The first-order chi connectivity index (χ1) is 8.63. The molecule has 0 radical (unpaired) electrons. The number of thiophene rings is 1. The first-order valence-corrected chi connectivity index (χ1v) is 7.56. The first kappa shape index (κ1) is 14.0. The molecular weight excluding hydrogens is 337 g/mol. The lowest BCUT2D eigenvalue weighted by Crippen LogP contribution is -2.19. The Morgan fingerprint density at radius 2 is 2.22 bits per heavy atom. The molecule has 96 valence electrons. The minimum Gasteiger partial charge on any atom is -0.313 e. The maximum absolute atomic E-state index is 13.8. The minimum absolute atomic E-state index is 0.0417. The van der Waals surface area contributed by atoms with Crippen molar-refractivity contribution in [3.8, 4) is 0 Å². The standard InChI is InChI=1S/C13H12BrClFNS/c1-17-13(9-6-18-7-10(9)14)5-8-11(15)3-2-4-12(8)16/h2-4,6-7,13,17H,5H2,1H3. The van der Waals surface area contributed by atoms with E-state index in [1.165, 1.54) is 6.07 Å². The Bertz CT molecular complexity index is 523. The Kier molecular flexibility index (Phi) is 4.78.